The van der Waals surface area contributed by atoms with E-state index in [1.807, 2.05) is 36.4 Å². The van der Waals surface area contributed by atoms with Gasteiger partial charge in [0.05, 0.1) is 5.69 Å². The van der Waals surface area contributed by atoms with Crippen LogP contribution >= 0.6 is 11.6 Å². The molecule has 5 heteroatoms. The minimum absolute atomic E-state index is 0.124. The maximum atomic E-state index is 10.7. The molecular weight excluding hydrogens is 442 g/mol. The molecule has 1 N–H and O–H groups in total. The fourth-order valence-electron chi connectivity index (χ4n) is 5.33. The Labute approximate surface area is 207 Å². The van der Waals surface area contributed by atoms with Crippen molar-refractivity contribution < 1.29 is 5.11 Å². The van der Waals surface area contributed by atoms with Gasteiger partial charge in [0, 0.05) is 16.0 Å². The van der Waals surface area contributed by atoms with Crippen LogP contribution < -0.4 is 0 Å². The number of nitrogens with zero attached hydrogens (tertiary/aromatic N) is 3. The SMILES string of the molecule is CC(C)(C)CC(C)(C)c1cc(-n2nc3ccc(Cl)cc3n2)ccc1C(C)(C)c1ccccc1O. The van der Waals surface area contributed by atoms with Crippen molar-refractivity contribution in [3.8, 4) is 11.4 Å². The molecule has 0 aliphatic heterocycles. The van der Waals surface area contributed by atoms with E-state index in [0.717, 1.165) is 28.7 Å². The molecule has 1 heterocycles. The number of phenols is 1. The molecule has 3 aromatic carbocycles. The molecule has 178 valence electrons. The van der Waals surface area contributed by atoms with Gasteiger partial charge in [0.25, 0.3) is 0 Å². The summed E-state index contributed by atoms with van der Waals surface area (Å²) < 4.78 is 0. The first-order valence-electron chi connectivity index (χ1n) is 11.7. The maximum absolute atomic E-state index is 10.7. The summed E-state index contributed by atoms with van der Waals surface area (Å²) in [4.78, 5) is 1.69. The molecule has 34 heavy (non-hydrogen) atoms. The van der Waals surface area contributed by atoms with Crippen LogP contribution in [0.4, 0.5) is 0 Å². The van der Waals surface area contributed by atoms with Gasteiger partial charge >= 0.3 is 0 Å². The van der Waals surface area contributed by atoms with Gasteiger partial charge in [0.1, 0.15) is 16.8 Å². The van der Waals surface area contributed by atoms with E-state index in [1.165, 1.54) is 11.1 Å². The second-order valence-corrected chi connectivity index (χ2v) is 12.1. The summed E-state index contributed by atoms with van der Waals surface area (Å²) in [5, 5.41) is 20.7. The summed E-state index contributed by atoms with van der Waals surface area (Å²) in [5.74, 6) is 0.313. The van der Waals surface area contributed by atoms with Crippen LogP contribution in [-0.4, -0.2) is 20.1 Å². The molecule has 4 rings (SSSR count). The van der Waals surface area contributed by atoms with E-state index < -0.39 is 5.41 Å². The van der Waals surface area contributed by atoms with Crippen molar-refractivity contribution in [3.05, 3.63) is 82.4 Å². The minimum Gasteiger partial charge on any atom is -0.508 e. The van der Waals surface area contributed by atoms with E-state index in [2.05, 4.69) is 71.8 Å². The molecule has 1 aromatic heterocycles. The third-order valence-electron chi connectivity index (χ3n) is 6.53. The van der Waals surface area contributed by atoms with Crippen molar-refractivity contribution in [2.45, 2.75) is 65.7 Å². The molecule has 0 unspecified atom stereocenters. The normalized spacial score (nSPS) is 12.9. The Morgan fingerprint density at radius 3 is 2.12 bits per heavy atom. The summed E-state index contributed by atoms with van der Waals surface area (Å²) in [6.45, 7) is 15.8. The molecule has 0 radical (unpaired) electrons. The summed E-state index contributed by atoms with van der Waals surface area (Å²) in [7, 11) is 0. The van der Waals surface area contributed by atoms with Gasteiger partial charge in [0.15, 0.2) is 0 Å². The number of hydrogen-bond donors (Lipinski definition) is 1. The molecule has 4 aromatic rings. The zero-order valence-electron chi connectivity index (χ0n) is 21.1. The molecule has 0 amide bonds. The maximum Gasteiger partial charge on any atom is 0.119 e. The smallest absolute Gasteiger partial charge is 0.119 e. The van der Waals surface area contributed by atoms with Crippen LogP contribution in [0.3, 0.4) is 0 Å². The number of phenolic OH excluding ortho intramolecular Hbond substituents is 1. The van der Waals surface area contributed by atoms with Gasteiger partial charge in [-0.25, -0.2) is 0 Å². The molecule has 0 fully saturated rings. The van der Waals surface area contributed by atoms with Gasteiger partial charge in [-0.3, -0.25) is 0 Å². The first-order chi connectivity index (χ1) is 15.8. The van der Waals surface area contributed by atoms with Crippen molar-refractivity contribution in [1.82, 2.24) is 15.0 Å². The minimum atomic E-state index is -0.399. The van der Waals surface area contributed by atoms with Crippen LogP contribution in [0.5, 0.6) is 5.75 Å². The standard InChI is InChI=1S/C29H34ClN3O/c1-27(2,3)18-28(4,5)23-17-20(33-31-24-15-12-19(30)16-25(24)32-33)13-14-21(23)29(6,7)22-10-8-9-11-26(22)34/h8-17,34H,18H2,1-7H3. The Morgan fingerprint density at radius 2 is 1.44 bits per heavy atom. The monoisotopic (exact) mass is 475 g/mol. The molecule has 0 saturated carbocycles. The fraction of sp³-hybridized carbons (Fsp3) is 0.379. The summed E-state index contributed by atoms with van der Waals surface area (Å²) >= 11 is 6.16. The summed E-state index contributed by atoms with van der Waals surface area (Å²) in [5.41, 5.74) is 5.42. The Bertz CT molecular complexity index is 1350. The molecule has 0 atom stereocenters. The van der Waals surface area contributed by atoms with Crippen molar-refractivity contribution in [2.24, 2.45) is 5.41 Å². The van der Waals surface area contributed by atoms with E-state index in [1.54, 1.807) is 10.9 Å². The van der Waals surface area contributed by atoms with Gasteiger partial charge in [-0.2, -0.15) is 4.80 Å². The Hall–Kier alpha value is -2.85. The number of aromatic hydroxyl groups is 1. The highest BCUT2D eigenvalue weighted by Gasteiger charge is 2.35. The third-order valence-corrected chi connectivity index (χ3v) is 6.76. The second-order valence-electron chi connectivity index (χ2n) is 11.6. The molecule has 0 spiro atoms. The van der Waals surface area contributed by atoms with Crippen molar-refractivity contribution in [2.75, 3.05) is 0 Å². The lowest BCUT2D eigenvalue weighted by molar-refractivity contribution is 0.281. The lowest BCUT2D eigenvalue weighted by Gasteiger charge is -2.38. The predicted molar refractivity (Wildman–Crippen MR) is 141 cm³/mol. The Morgan fingerprint density at radius 1 is 0.765 bits per heavy atom. The number of halogens is 1. The summed E-state index contributed by atoms with van der Waals surface area (Å²) in [6.07, 6.45) is 0.997. The van der Waals surface area contributed by atoms with E-state index in [9.17, 15) is 5.11 Å². The Balaban J connectivity index is 1.92. The molecule has 0 aliphatic carbocycles. The zero-order valence-corrected chi connectivity index (χ0v) is 21.9. The van der Waals surface area contributed by atoms with Crippen molar-refractivity contribution >= 4 is 22.6 Å². The second kappa shape index (κ2) is 8.42. The molecule has 4 nitrogen and oxygen atoms in total. The van der Waals surface area contributed by atoms with Crippen molar-refractivity contribution in [1.29, 1.82) is 0 Å². The number of rotatable bonds is 5. The first-order valence-corrected chi connectivity index (χ1v) is 12.1. The van der Waals surface area contributed by atoms with Gasteiger partial charge in [-0.1, -0.05) is 84.3 Å². The largest absolute Gasteiger partial charge is 0.508 e. The van der Waals surface area contributed by atoms with Gasteiger partial charge < -0.3 is 5.11 Å². The van der Waals surface area contributed by atoms with E-state index in [0.29, 0.717) is 10.8 Å². The highest BCUT2D eigenvalue weighted by Crippen LogP contribution is 2.45. The number of benzene rings is 3. The number of aromatic nitrogens is 3. The van der Waals surface area contributed by atoms with Gasteiger partial charge in [0.2, 0.25) is 0 Å². The first kappa shape index (κ1) is 24.3. The highest BCUT2D eigenvalue weighted by molar-refractivity contribution is 6.31. The van der Waals surface area contributed by atoms with Crippen LogP contribution in [0.15, 0.2) is 60.7 Å². The van der Waals surface area contributed by atoms with Gasteiger partial charge in [-0.15, -0.1) is 10.2 Å². The quantitative estimate of drug-likeness (QED) is 0.320. The Kier molecular flexibility index (Phi) is 6.02. The van der Waals surface area contributed by atoms with Crippen LogP contribution in [0.1, 0.15) is 71.6 Å². The molecular formula is C29H34ClN3O. The lowest BCUT2D eigenvalue weighted by atomic mass is 9.66. The lowest BCUT2D eigenvalue weighted by Crippen LogP contribution is -2.30. The van der Waals surface area contributed by atoms with Crippen LogP contribution in [0, 0.1) is 5.41 Å². The van der Waals surface area contributed by atoms with Crippen molar-refractivity contribution in [3.63, 3.8) is 0 Å². The van der Waals surface area contributed by atoms with E-state index >= 15 is 0 Å². The third kappa shape index (κ3) is 4.69. The predicted octanol–water partition coefficient (Wildman–Crippen LogP) is 7.82. The zero-order chi connectivity index (χ0) is 24.9. The van der Waals surface area contributed by atoms with E-state index in [-0.39, 0.29) is 10.8 Å². The van der Waals surface area contributed by atoms with Crippen LogP contribution in [-0.2, 0) is 10.8 Å². The highest BCUT2D eigenvalue weighted by atomic mass is 35.5. The molecule has 0 aliphatic rings. The molecule has 0 bridgehead atoms. The van der Waals surface area contributed by atoms with E-state index in [4.69, 9.17) is 16.7 Å². The van der Waals surface area contributed by atoms with Crippen LogP contribution in [0.2, 0.25) is 5.02 Å². The fourth-order valence-corrected chi connectivity index (χ4v) is 5.50. The number of hydrogen-bond acceptors (Lipinski definition) is 3. The topological polar surface area (TPSA) is 50.9 Å². The average Bonchev–Trinajstić information content (AvgIpc) is 3.15. The van der Waals surface area contributed by atoms with Gasteiger partial charge in [-0.05, 0) is 64.8 Å². The summed E-state index contributed by atoms with van der Waals surface area (Å²) in [6, 6.07) is 19.6. The number of para-hydroxylation sites is 1. The average molecular weight is 476 g/mol. The van der Waals surface area contributed by atoms with Crippen LogP contribution in [0.25, 0.3) is 16.7 Å². The molecule has 0 saturated heterocycles. The number of fused-ring (bicyclic) bond motifs is 1.